The fraction of sp³-hybridized carbons (Fsp3) is 0.250. The summed E-state index contributed by atoms with van der Waals surface area (Å²) in [6.45, 7) is 2.10. The molecule has 0 spiro atoms. The zero-order valence-electron chi connectivity index (χ0n) is 7.89. The molecule has 79 valence electrons. The van der Waals surface area contributed by atoms with E-state index in [4.69, 9.17) is 4.84 Å². The van der Waals surface area contributed by atoms with Crippen molar-refractivity contribution in [2.45, 2.75) is 6.92 Å². The minimum absolute atomic E-state index is 0.0213. The van der Waals surface area contributed by atoms with Gasteiger partial charge in [0.2, 0.25) is 6.41 Å². The fourth-order valence-electron chi connectivity index (χ4n) is 0.746. The van der Waals surface area contributed by atoms with Gasteiger partial charge in [0.1, 0.15) is 12.3 Å². The molecule has 0 aliphatic rings. The smallest absolute Gasteiger partial charge is 0.259 e. The van der Waals surface area contributed by atoms with Crippen molar-refractivity contribution >= 4 is 34.9 Å². The number of oxime groups is 1. The van der Waals surface area contributed by atoms with E-state index in [0.717, 1.165) is 0 Å². The van der Waals surface area contributed by atoms with Crippen LogP contribution in [-0.4, -0.2) is 30.0 Å². The summed E-state index contributed by atoms with van der Waals surface area (Å²) in [6, 6.07) is 0. The summed E-state index contributed by atoms with van der Waals surface area (Å²) in [7, 11) is 0. The van der Waals surface area contributed by atoms with E-state index < -0.39 is 0 Å². The molecule has 0 unspecified atom stereocenters. The van der Waals surface area contributed by atoms with Crippen molar-refractivity contribution in [3.8, 4) is 0 Å². The topological polar surface area (TPSA) is 80.6 Å². The molecular formula is C8H8N3O3S. The van der Waals surface area contributed by atoms with Crippen LogP contribution in [0.15, 0.2) is 10.5 Å². The zero-order chi connectivity index (χ0) is 11.1. The molecule has 1 heterocycles. The number of nitrogens with one attached hydrogen (secondary N) is 1. The van der Waals surface area contributed by atoms with E-state index >= 15 is 0 Å². The highest BCUT2D eigenvalue weighted by Crippen LogP contribution is 2.14. The Labute approximate surface area is 90.0 Å². The molecule has 1 N–H and O–H groups in total. The van der Waals surface area contributed by atoms with Crippen molar-refractivity contribution in [3.63, 3.8) is 0 Å². The van der Waals surface area contributed by atoms with Crippen LogP contribution >= 0.6 is 11.3 Å². The van der Waals surface area contributed by atoms with Gasteiger partial charge < -0.3 is 10.2 Å². The van der Waals surface area contributed by atoms with E-state index in [1.54, 1.807) is 18.6 Å². The Morgan fingerprint density at radius 1 is 1.87 bits per heavy atom. The molecule has 15 heavy (non-hydrogen) atoms. The lowest BCUT2D eigenvalue weighted by Crippen LogP contribution is -2.04. The monoisotopic (exact) mass is 226 g/mol. The van der Waals surface area contributed by atoms with Crippen LogP contribution in [-0.2, 0) is 14.4 Å². The van der Waals surface area contributed by atoms with Gasteiger partial charge in [0.25, 0.3) is 6.29 Å². The minimum atomic E-state index is -0.0213. The first-order valence-electron chi connectivity index (χ1n) is 4.06. The quantitative estimate of drug-likeness (QED) is 0.436. The fourth-order valence-corrected chi connectivity index (χ4v) is 1.40. The summed E-state index contributed by atoms with van der Waals surface area (Å²) in [5.74, 6) is 0. The van der Waals surface area contributed by atoms with E-state index in [9.17, 15) is 9.59 Å². The molecule has 0 aromatic carbocycles. The van der Waals surface area contributed by atoms with E-state index in [-0.39, 0.29) is 5.71 Å². The summed E-state index contributed by atoms with van der Waals surface area (Å²) < 4.78 is 0. The predicted octanol–water partition coefficient (Wildman–Crippen LogP) is 0.562. The average molecular weight is 226 g/mol. The lowest BCUT2D eigenvalue weighted by molar-refractivity contribution is -0.105. The summed E-state index contributed by atoms with van der Waals surface area (Å²) in [4.78, 5) is 29.3. The maximum Gasteiger partial charge on any atom is 0.259 e. The normalized spacial score (nSPS) is 10.9. The second-order valence-electron chi connectivity index (χ2n) is 2.26. The van der Waals surface area contributed by atoms with Gasteiger partial charge in [-0.1, -0.05) is 5.16 Å². The number of hydrogen-bond donors (Lipinski definition) is 1. The number of carbonyl (C=O) groups is 1. The molecular weight excluding hydrogens is 218 g/mol. The Morgan fingerprint density at radius 3 is 3.27 bits per heavy atom. The van der Waals surface area contributed by atoms with Crippen LogP contribution in [0.3, 0.4) is 0 Å². The molecule has 0 atom stereocenters. The molecule has 6 nitrogen and oxygen atoms in total. The minimum Gasteiger partial charge on any atom is -0.395 e. The first-order valence-corrected chi connectivity index (χ1v) is 4.94. The van der Waals surface area contributed by atoms with Crippen molar-refractivity contribution in [1.29, 1.82) is 0 Å². The van der Waals surface area contributed by atoms with Gasteiger partial charge in [0, 0.05) is 5.38 Å². The highest BCUT2D eigenvalue weighted by atomic mass is 32.1. The molecule has 7 heteroatoms. The van der Waals surface area contributed by atoms with Crippen molar-refractivity contribution in [3.05, 3.63) is 11.1 Å². The number of carbonyl (C=O) groups excluding carboxylic acids is 2. The van der Waals surface area contributed by atoms with Crippen LogP contribution in [0.25, 0.3) is 0 Å². The molecule has 1 aromatic heterocycles. The molecule has 0 saturated heterocycles. The average Bonchev–Trinajstić information content (AvgIpc) is 2.68. The summed E-state index contributed by atoms with van der Waals surface area (Å²) in [5.41, 5.74) is 0.305. The number of anilines is 1. The molecule has 1 aromatic rings. The Morgan fingerprint density at radius 2 is 2.67 bits per heavy atom. The van der Waals surface area contributed by atoms with Crippen molar-refractivity contribution < 1.29 is 14.4 Å². The van der Waals surface area contributed by atoms with E-state index in [1.165, 1.54) is 11.3 Å². The van der Waals surface area contributed by atoms with Crippen LogP contribution in [0.4, 0.5) is 5.13 Å². The summed E-state index contributed by atoms with van der Waals surface area (Å²) in [5, 5.41) is 7.86. The highest BCUT2D eigenvalue weighted by Gasteiger charge is 2.09. The number of rotatable bonds is 6. The molecule has 0 aliphatic carbocycles. The first kappa shape index (κ1) is 11.3. The third-order valence-electron chi connectivity index (χ3n) is 1.31. The van der Waals surface area contributed by atoms with E-state index in [2.05, 4.69) is 15.5 Å². The molecule has 0 fully saturated rings. The van der Waals surface area contributed by atoms with Crippen LogP contribution in [0, 0.1) is 0 Å². The first-order chi connectivity index (χ1) is 7.31. The van der Waals surface area contributed by atoms with Crippen LogP contribution in [0.1, 0.15) is 12.6 Å². The predicted molar refractivity (Wildman–Crippen MR) is 55.7 cm³/mol. The largest absolute Gasteiger partial charge is 0.395 e. The summed E-state index contributed by atoms with van der Waals surface area (Å²) in [6.07, 6.45) is 2.12. The van der Waals surface area contributed by atoms with Gasteiger partial charge in [0.15, 0.2) is 10.8 Å². The Hall–Kier alpha value is -1.76. The van der Waals surface area contributed by atoms with Gasteiger partial charge in [-0.25, -0.2) is 4.98 Å². The number of amides is 1. The second kappa shape index (κ2) is 5.86. The number of aromatic nitrogens is 1. The lowest BCUT2D eigenvalue weighted by Gasteiger charge is -1.93. The number of thiazole rings is 1. The molecule has 1 radical (unpaired) electrons. The molecule has 0 aliphatic heterocycles. The van der Waals surface area contributed by atoms with Gasteiger partial charge in [-0.3, -0.25) is 9.59 Å². The highest BCUT2D eigenvalue weighted by molar-refractivity contribution is 7.14. The maximum absolute atomic E-state index is 10.5. The van der Waals surface area contributed by atoms with Gasteiger partial charge in [-0.05, 0) is 6.92 Å². The van der Waals surface area contributed by atoms with E-state index in [1.807, 2.05) is 0 Å². The van der Waals surface area contributed by atoms with Gasteiger partial charge in [-0.2, -0.15) is 0 Å². The molecule has 0 bridgehead atoms. The molecule has 1 rings (SSSR count). The Bertz CT molecular complexity index is 375. The Balaban J connectivity index is 2.82. The maximum atomic E-state index is 10.5. The molecule has 1 amide bonds. The van der Waals surface area contributed by atoms with Crippen molar-refractivity contribution in [2.24, 2.45) is 5.16 Å². The van der Waals surface area contributed by atoms with Crippen molar-refractivity contribution in [2.75, 3.05) is 11.9 Å². The Kier molecular flexibility index (Phi) is 4.42. The van der Waals surface area contributed by atoms with Crippen molar-refractivity contribution in [1.82, 2.24) is 4.98 Å². The van der Waals surface area contributed by atoms with Gasteiger partial charge >= 0.3 is 0 Å². The van der Waals surface area contributed by atoms with Gasteiger partial charge in [0.05, 0.1) is 0 Å². The molecule has 0 saturated carbocycles. The lowest BCUT2D eigenvalue weighted by atomic mass is 10.3. The second-order valence-corrected chi connectivity index (χ2v) is 3.12. The number of hydrogen-bond acceptors (Lipinski definition) is 6. The van der Waals surface area contributed by atoms with Gasteiger partial charge in [-0.15, -0.1) is 11.3 Å². The number of nitrogens with zero attached hydrogens (tertiary/aromatic N) is 2. The van der Waals surface area contributed by atoms with Crippen LogP contribution in [0.5, 0.6) is 0 Å². The van der Waals surface area contributed by atoms with Crippen LogP contribution < -0.4 is 5.32 Å². The standard InChI is InChI=1S/C8H8N3O3S/c1-2-14-11-6(3-12)7-4-15-8(10-7)9-5-13/h4-5H,2H2,1H3,(H,9,10,13)/b11-6+. The van der Waals surface area contributed by atoms with E-state index in [0.29, 0.717) is 23.8 Å². The summed E-state index contributed by atoms with van der Waals surface area (Å²) >= 11 is 1.18. The zero-order valence-corrected chi connectivity index (χ0v) is 8.71. The third-order valence-corrected chi connectivity index (χ3v) is 2.08. The third kappa shape index (κ3) is 3.13. The SMILES string of the molecule is CCO/N=C(\[C]=O)c1csc(NC=O)n1. The van der Waals surface area contributed by atoms with Crippen LogP contribution in [0.2, 0.25) is 0 Å².